The molecular formula is C12H14N4OS. The molecule has 1 N–H and O–H groups in total. The van der Waals surface area contributed by atoms with E-state index >= 15 is 0 Å². The number of nitrogens with one attached hydrogen (secondary N) is 1. The van der Waals surface area contributed by atoms with Gasteiger partial charge in [0.05, 0.1) is 16.3 Å². The van der Waals surface area contributed by atoms with Gasteiger partial charge in [-0.05, 0) is 12.1 Å². The zero-order chi connectivity index (χ0) is 13.0. The van der Waals surface area contributed by atoms with E-state index in [4.69, 9.17) is 0 Å². The molecule has 1 aliphatic heterocycles. The first-order chi connectivity index (χ1) is 8.66. The molecule has 0 unspecified atom stereocenters. The van der Waals surface area contributed by atoms with Crippen molar-refractivity contribution >= 4 is 23.4 Å². The Morgan fingerprint density at radius 3 is 2.94 bits per heavy atom. The summed E-state index contributed by atoms with van der Waals surface area (Å²) in [5.74, 6) is 0.468. The summed E-state index contributed by atoms with van der Waals surface area (Å²) in [5.41, 5.74) is 3.85. The molecule has 1 aromatic heterocycles. The highest BCUT2D eigenvalue weighted by atomic mass is 32.2. The van der Waals surface area contributed by atoms with Crippen LogP contribution in [0.3, 0.4) is 0 Å². The highest BCUT2D eigenvalue weighted by Crippen LogP contribution is 2.18. The number of rotatable bonds is 4. The molecule has 0 atom stereocenters. The number of carbonyl (C=O) groups is 1. The third kappa shape index (κ3) is 3.10. The quantitative estimate of drug-likeness (QED) is 0.652. The van der Waals surface area contributed by atoms with E-state index in [0.717, 1.165) is 10.7 Å². The Kier molecular flexibility index (Phi) is 3.99. The van der Waals surface area contributed by atoms with Crippen LogP contribution in [0.4, 0.5) is 0 Å². The molecule has 0 bridgehead atoms. The second-order valence-corrected chi connectivity index (χ2v) is 4.96. The Labute approximate surface area is 110 Å². The van der Waals surface area contributed by atoms with Gasteiger partial charge in [0.15, 0.2) is 0 Å². The number of amides is 1. The van der Waals surface area contributed by atoms with Gasteiger partial charge in [0.25, 0.3) is 5.91 Å². The van der Waals surface area contributed by atoms with Crippen LogP contribution >= 0.6 is 11.8 Å². The van der Waals surface area contributed by atoms with Crippen LogP contribution in [0.5, 0.6) is 0 Å². The van der Waals surface area contributed by atoms with Gasteiger partial charge in [0, 0.05) is 32.2 Å². The Balaban J connectivity index is 2.03. The van der Waals surface area contributed by atoms with Gasteiger partial charge in [-0.1, -0.05) is 17.8 Å². The molecule has 6 heteroatoms. The number of hydrogen-bond donors (Lipinski definition) is 1. The molecule has 1 amide bonds. The zero-order valence-electron chi connectivity index (χ0n) is 10.3. The van der Waals surface area contributed by atoms with Crippen LogP contribution in [0.15, 0.2) is 46.3 Å². The van der Waals surface area contributed by atoms with E-state index in [0.29, 0.717) is 11.3 Å². The molecular weight excluding hydrogens is 248 g/mol. The Bertz CT molecular complexity index is 496. The van der Waals surface area contributed by atoms with Crippen molar-refractivity contribution in [3.8, 4) is 0 Å². The summed E-state index contributed by atoms with van der Waals surface area (Å²) in [6.07, 6.45) is 3.53. The standard InChI is InChI=1S/C12H14N4OS/c1-16(2)7-9-10(14-15-12(9)17)8-18-11-5-3-4-6-13-11/h3-7H,8H2,1-2H3,(H,15,17). The molecule has 0 fully saturated rings. The van der Waals surface area contributed by atoms with Crippen molar-refractivity contribution in [1.29, 1.82) is 0 Å². The van der Waals surface area contributed by atoms with Crippen molar-refractivity contribution in [3.05, 3.63) is 36.2 Å². The number of hydrogen-bond acceptors (Lipinski definition) is 5. The molecule has 18 heavy (non-hydrogen) atoms. The molecule has 2 heterocycles. The largest absolute Gasteiger partial charge is 0.383 e. The minimum Gasteiger partial charge on any atom is -0.383 e. The third-order valence-electron chi connectivity index (χ3n) is 2.23. The van der Waals surface area contributed by atoms with E-state index in [9.17, 15) is 4.79 Å². The molecule has 0 saturated carbocycles. The lowest BCUT2D eigenvalue weighted by molar-refractivity contribution is -0.116. The molecule has 1 aromatic rings. The van der Waals surface area contributed by atoms with Gasteiger partial charge >= 0.3 is 0 Å². The predicted molar refractivity (Wildman–Crippen MR) is 72.3 cm³/mol. The summed E-state index contributed by atoms with van der Waals surface area (Å²) in [7, 11) is 3.75. The van der Waals surface area contributed by atoms with Crippen molar-refractivity contribution in [1.82, 2.24) is 15.3 Å². The summed E-state index contributed by atoms with van der Waals surface area (Å²) >= 11 is 1.56. The average Bonchev–Trinajstić information content (AvgIpc) is 2.69. The van der Waals surface area contributed by atoms with Crippen molar-refractivity contribution in [2.75, 3.05) is 19.8 Å². The first kappa shape index (κ1) is 12.6. The van der Waals surface area contributed by atoms with E-state index in [-0.39, 0.29) is 5.91 Å². The van der Waals surface area contributed by atoms with Gasteiger partial charge in [-0.3, -0.25) is 4.79 Å². The van der Waals surface area contributed by atoms with Crippen LogP contribution < -0.4 is 5.43 Å². The van der Waals surface area contributed by atoms with Crippen LogP contribution in [0, 0.1) is 0 Å². The monoisotopic (exact) mass is 262 g/mol. The van der Waals surface area contributed by atoms with Crippen LogP contribution in [0.1, 0.15) is 0 Å². The first-order valence-corrected chi connectivity index (χ1v) is 6.45. The summed E-state index contributed by atoms with van der Waals surface area (Å²) < 4.78 is 0. The van der Waals surface area contributed by atoms with E-state index in [2.05, 4.69) is 15.5 Å². The van der Waals surface area contributed by atoms with Crippen molar-refractivity contribution < 1.29 is 4.79 Å². The molecule has 0 spiro atoms. The number of hydrazone groups is 1. The lowest BCUT2D eigenvalue weighted by Gasteiger charge is -2.07. The fourth-order valence-corrected chi connectivity index (χ4v) is 2.26. The van der Waals surface area contributed by atoms with Gasteiger partial charge < -0.3 is 4.90 Å². The van der Waals surface area contributed by atoms with Crippen molar-refractivity contribution in [2.24, 2.45) is 5.10 Å². The van der Waals surface area contributed by atoms with E-state index in [1.54, 1.807) is 24.2 Å². The number of thioether (sulfide) groups is 1. The first-order valence-electron chi connectivity index (χ1n) is 5.46. The van der Waals surface area contributed by atoms with E-state index < -0.39 is 0 Å². The maximum atomic E-state index is 11.6. The van der Waals surface area contributed by atoms with Crippen LogP contribution in [0.2, 0.25) is 0 Å². The summed E-state index contributed by atoms with van der Waals surface area (Å²) in [6, 6.07) is 5.75. The molecule has 5 nitrogen and oxygen atoms in total. The average molecular weight is 262 g/mol. The summed E-state index contributed by atoms with van der Waals surface area (Å²) in [4.78, 5) is 17.6. The zero-order valence-corrected chi connectivity index (χ0v) is 11.1. The normalized spacial score (nSPS) is 16.7. The molecule has 2 rings (SSSR count). The SMILES string of the molecule is CN(C)C=C1C(=O)NN=C1CSc1ccccn1. The van der Waals surface area contributed by atoms with Gasteiger partial charge in [0.2, 0.25) is 0 Å². The van der Waals surface area contributed by atoms with E-state index in [1.807, 2.05) is 37.2 Å². The molecule has 1 aliphatic rings. The minimum absolute atomic E-state index is 0.152. The fourth-order valence-electron chi connectivity index (χ4n) is 1.45. The third-order valence-corrected chi connectivity index (χ3v) is 3.18. The van der Waals surface area contributed by atoms with Crippen molar-refractivity contribution in [2.45, 2.75) is 5.03 Å². The topological polar surface area (TPSA) is 57.6 Å². The second-order valence-electron chi connectivity index (χ2n) is 3.96. The Hall–Kier alpha value is -1.82. The number of carbonyl (C=O) groups excluding carboxylic acids is 1. The van der Waals surface area contributed by atoms with Gasteiger partial charge in [-0.2, -0.15) is 5.10 Å². The summed E-state index contributed by atoms with van der Waals surface area (Å²) in [6.45, 7) is 0. The smallest absolute Gasteiger partial charge is 0.274 e. The predicted octanol–water partition coefficient (Wildman–Crippen LogP) is 1.10. The number of pyridine rings is 1. The Morgan fingerprint density at radius 1 is 1.44 bits per heavy atom. The van der Waals surface area contributed by atoms with Crippen LogP contribution in [0.25, 0.3) is 0 Å². The molecule has 94 valence electrons. The van der Waals surface area contributed by atoms with Crippen molar-refractivity contribution in [3.63, 3.8) is 0 Å². The van der Waals surface area contributed by atoms with Gasteiger partial charge in [0.1, 0.15) is 0 Å². The highest BCUT2D eigenvalue weighted by molar-refractivity contribution is 8.00. The highest BCUT2D eigenvalue weighted by Gasteiger charge is 2.22. The van der Waals surface area contributed by atoms with Crippen LogP contribution in [-0.4, -0.2) is 41.4 Å². The lowest BCUT2D eigenvalue weighted by atomic mass is 10.2. The minimum atomic E-state index is -0.152. The molecule has 0 saturated heterocycles. The number of aromatic nitrogens is 1. The van der Waals surface area contributed by atoms with E-state index in [1.165, 1.54) is 0 Å². The summed E-state index contributed by atoms with van der Waals surface area (Å²) in [5, 5.41) is 4.96. The molecule has 0 radical (unpaired) electrons. The maximum Gasteiger partial charge on any atom is 0.274 e. The lowest BCUT2D eigenvalue weighted by Crippen LogP contribution is -2.17. The van der Waals surface area contributed by atoms with Crippen LogP contribution in [-0.2, 0) is 4.79 Å². The maximum absolute atomic E-state index is 11.6. The molecule has 0 aliphatic carbocycles. The Morgan fingerprint density at radius 2 is 2.28 bits per heavy atom. The number of nitrogens with zero attached hydrogens (tertiary/aromatic N) is 3. The fraction of sp³-hybridized carbons (Fsp3) is 0.250. The van der Waals surface area contributed by atoms with Gasteiger partial charge in [-0.15, -0.1) is 0 Å². The second kappa shape index (κ2) is 5.68. The van der Waals surface area contributed by atoms with Gasteiger partial charge in [-0.25, -0.2) is 10.4 Å². The molecule has 0 aromatic carbocycles.